The van der Waals surface area contributed by atoms with Gasteiger partial charge in [-0.2, -0.15) is 0 Å². The molecule has 0 heterocycles. The molecule has 0 saturated heterocycles. The van der Waals surface area contributed by atoms with E-state index in [0.717, 1.165) is 23.4 Å². The summed E-state index contributed by atoms with van der Waals surface area (Å²) in [6.07, 6.45) is 1.51. The molecule has 0 aliphatic rings. The van der Waals surface area contributed by atoms with E-state index in [1.807, 2.05) is 36.4 Å². The van der Waals surface area contributed by atoms with Gasteiger partial charge in [0.15, 0.2) is 0 Å². The van der Waals surface area contributed by atoms with Gasteiger partial charge in [0, 0.05) is 21.1 Å². The van der Waals surface area contributed by atoms with Crippen molar-refractivity contribution in [1.29, 1.82) is 0 Å². The van der Waals surface area contributed by atoms with Crippen molar-refractivity contribution in [3.63, 3.8) is 0 Å². The van der Waals surface area contributed by atoms with E-state index < -0.39 is 0 Å². The second-order valence-electron chi connectivity index (χ2n) is 4.53. The maximum Gasteiger partial charge on any atom is 0.0453 e. The molecule has 2 aromatic rings. The second-order valence-corrected chi connectivity index (χ2v) is 5.81. The molecular weight excluding hydrogens is 301 g/mol. The van der Waals surface area contributed by atoms with Crippen LogP contribution in [0.3, 0.4) is 0 Å². The molecule has 4 heteroatoms. The first-order valence-electron chi connectivity index (χ1n) is 5.98. The van der Waals surface area contributed by atoms with Crippen LogP contribution >= 0.6 is 34.8 Å². The average Bonchev–Trinajstić information content (AvgIpc) is 2.36. The lowest BCUT2D eigenvalue weighted by Crippen LogP contribution is -2.25. The summed E-state index contributed by atoms with van der Waals surface area (Å²) in [5.74, 6) is 0. The third kappa shape index (κ3) is 4.39. The van der Waals surface area contributed by atoms with Crippen molar-refractivity contribution in [1.82, 2.24) is 0 Å². The van der Waals surface area contributed by atoms with E-state index in [9.17, 15) is 0 Å². The van der Waals surface area contributed by atoms with E-state index in [0.29, 0.717) is 10.0 Å². The zero-order valence-electron chi connectivity index (χ0n) is 10.2. The summed E-state index contributed by atoms with van der Waals surface area (Å²) in [5.41, 5.74) is 8.35. The Balaban J connectivity index is 2.01. The summed E-state index contributed by atoms with van der Waals surface area (Å²) in [5, 5.41) is 2.04. The molecule has 0 aliphatic heterocycles. The second kappa shape index (κ2) is 6.62. The molecule has 0 bridgehead atoms. The standard InChI is InChI=1S/C15H14Cl3N/c16-12-4-1-10(2-5-12)7-14(19)8-11-3-6-13(17)9-15(11)18/h1-6,9,14H,7-8,19H2. The van der Waals surface area contributed by atoms with Crippen LogP contribution in [0.15, 0.2) is 42.5 Å². The van der Waals surface area contributed by atoms with E-state index in [1.54, 1.807) is 6.07 Å². The maximum absolute atomic E-state index is 6.16. The number of benzene rings is 2. The van der Waals surface area contributed by atoms with Crippen LogP contribution in [0.5, 0.6) is 0 Å². The third-order valence-electron chi connectivity index (χ3n) is 2.91. The van der Waals surface area contributed by atoms with E-state index in [-0.39, 0.29) is 6.04 Å². The fraction of sp³-hybridized carbons (Fsp3) is 0.200. The molecule has 1 unspecified atom stereocenters. The summed E-state index contributed by atoms with van der Waals surface area (Å²) >= 11 is 17.9. The predicted octanol–water partition coefficient (Wildman–Crippen LogP) is 4.76. The Kier molecular flexibility index (Phi) is 5.12. The number of hydrogen-bond donors (Lipinski definition) is 1. The van der Waals surface area contributed by atoms with Crippen LogP contribution in [0.4, 0.5) is 0 Å². The van der Waals surface area contributed by atoms with Crippen LogP contribution < -0.4 is 5.73 Å². The van der Waals surface area contributed by atoms with Crippen LogP contribution in [0.2, 0.25) is 15.1 Å². The lowest BCUT2D eigenvalue weighted by molar-refractivity contribution is 0.665. The lowest BCUT2D eigenvalue weighted by Gasteiger charge is -2.13. The summed E-state index contributed by atoms with van der Waals surface area (Å²) in [6.45, 7) is 0. The molecule has 0 fully saturated rings. The molecule has 2 rings (SSSR count). The summed E-state index contributed by atoms with van der Waals surface area (Å²) in [6, 6.07) is 13.2. The first kappa shape index (κ1) is 14.7. The van der Waals surface area contributed by atoms with Gasteiger partial charge in [-0.25, -0.2) is 0 Å². The van der Waals surface area contributed by atoms with E-state index in [1.165, 1.54) is 5.56 Å². The van der Waals surface area contributed by atoms with Gasteiger partial charge < -0.3 is 5.73 Å². The molecule has 1 atom stereocenters. The molecule has 0 spiro atoms. The molecule has 0 aliphatic carbocycles. The van der Waals surface area contributed by atoms with Gasteiger partial charge in [0.25, 0.3) is 0 Å². The molecular formula is C15H14Cl3N. The van der Waals surface area contributed by atoms with Crippen molar-refractivity contribution in [3.05, 3.63) is 68.7 Å². The van der Waals surface area contributed by atoms with Crippen molar-refractivity contribution in [2.75, 3.05) is 0 Å². The Morgan fingerprint density at radius 2 is 1.47 bits per heavy atom. The van der Waals surface area contributed by atoms with Gasteiger partial charge in [0.2, 0.25) is 0 Å². The Morgan fingerprint density at radius 3 is 2.11 bits per heavy atom. The van der Waals surface area contributed by atoms with Crippen LogP contribution in [0.25, 0.3) is 0 Å². The molecule has 0 saturated carbocycles. The molecule has 0 aromatic heterocycles. The van der Waals surface area contributed by atoms with Crippen LogP contribution in [0.1, 0.15) is 11.1 Å². The summed E-state index contributed by atoms with van der Waals surface area (Å²) in [4.78, 5) is 0. The van der Waals surface area contributed by atoms with Crippen LogP contribution in [-0.2, 0) is 12.8 Å². The SMILES string of the molecule is NC(Cc1ccc(Cl)cc1)Cc1ccc(Cl)cc1Cl. The Labute approximate surface area is 128 Å². The fourth-order valence-electron chi connectivity index (χ4n) is 1.97. The predicted molar refractivity (Wildman–Crippen MR) is 83.3 cm³/mol. The van der Waals surface area contributed by atoms with Gasteiger partial charge in [-0.3, -0.25) is 0 Å². The van der Waals surface area contributed by atoms with Gasteiger partial charge in [0.05, 0.1) is 0 Å². The zero-order valence-corrected chi connectivity index (χ0v) is 12.5. The molecule has 0 radical (unpaired) electrons. The van der Waals surface area contributed by atoms with E-state index >= 15 is 0 Å². The third-order valence-corrected chi connectivity index (χ3v) is 3.75. The normalized spacial score (nSPS) is 12.4. The van der Waals surface area contributed by atoms with E-state index in [4.69, 9.17) is 40.5 Å². The highest BCUT2D eigenvalue weighted by atomic mass is 35.5. The monoisotopic (exact) mass is 313 g/mol. The Bertz CT molecular complexity index is 552. The Hall–Kier alpha value is -0.730. The number of nitrogens with two attached hydrogens (primary N) is 1. The number of halogens is 3. The van der Waals surface area contributed by atoms with Crippen molar-refractivity contribution in [2.24, 2.45) is 5.73 Å². The van der Waals surface area contributed by atoms with Gasteiger partial charge in [0.1, 0.15) is 0 Å². The van der Waals surface area contributed by atoms with Crippen molar-refractivity contribution in [2.45, 2.75) is 18.9 Å². The van der Waals surface area contributed by atoms with Crippen LogP contribution in [-0.4, -0.2) is 6.04 Å². The first-order valence-corrected chi connectivity index (χ1v) is 7.12. The molecule has 19 heavy (non-hydrogen) atoms. The maximum atomic E-state index is 6.16. The minimum Gasteiger partial charge on any atom is -0.327 e. The smallest absolute Gasteiger partial charge is 0.0453 e. The van der Waals surface area contributed by atoms with Crippen molar-refractivity contribution >= 4 is 34.8 Å². The fourth-order valence-corrected chi connectivity index (χ4v) is 2.58. The van der Waals surface area contributed by atoms with E-state index in [2.05, 4.69) is 0 Å². The highest BCUT2D eigenvalue weighted by Gasteiger charge is 2.09. The van der Waals surface area contributed by atoms with Gasteiger partial charge in [-0.15, -0.1) is 0 Å². The molecule has 2 N–H and O–H groups in total. The average molecular weight is 315 g/mol. The van der Waals surface area contributed by atoms with Gasteiger partial charge in [-0.1, -0.05) is 53.0 Å². The minimum atomic E-state index is 0.0138. The topological polar surface area (TPSA) is 26.0 Å². The summed E-state index contributed by atoms with van der Waals surface area (Å²) < 4.78 is 0. The van der Waals surface area contributed by atoms with Gasteiger partial charge in [-0.05, 0) is 48.2 Å². The summed E-state index contributed by atoms with van der Waals surface area (Å²) in [7, 11) is 0. The number of rotatable bonds is 4. The van der Waals surface area contributed by atoms with Gasteiger partial charge >= 0.3 is 0 Å². The quantitative estimate of drug-likeness (QED) is 0.865. The largest absolute Gasteiger partial charge is 0.327 e. The van der Waals surface area contributed by atoms with Crippen molar-refractivity contribution in [3.8, 4) is 0 Å². The highest BCUT2D eigenvalue weighted by molar-refractivity contribution is 6.35. The van der Waals surface area contributed by atoms with Crippen molar-refractivity contribution < 1.29 is 0 Å². The molecule has 1 nitrogen and oxygen atoms in total. The Morgan fingerprint density at radius 1 is 0.842 bits per heavy atom. The van der Waals surface area contributed by atoms with Crippen LogP contribution in [0, 0.1) is 0 Å². The lowest BCUT2D eigenvalue weighted by atomic mass is 10.00. The first-order chi connectivity index (χ1) is 9.04. The zero-order chi connectivity index (χ0) is 13.8. The molecule has 100 valence electrons. The minimum absolute atomic E-state index is 0.0138. The molecule has 2 aromatic carbocycles. The number of hydrogen-bond acceptors (Lipinski definition) is 1. The molecule has 0 amide bonds. The highest BCUT2D eigenvalue weighted by Crippen LogP contribution is 2.22.